The quantitative estimate of drug-likeness (QED) is 0.723. The van der Waals surface area contributed by atoms with Crippen molar-refractivity contribution in [3.8, 4) is 0 Å². The molecule has 2 aromatic carbocycles. The Labute approximate surface area is 150 Å². The minimum atomic E-state index is -0.974. The van der Waals surface area contributed by atoms with E-state index in [9.17, 15) is 14.7 Å². The summed E-state index contributed by atoms with van der Waals surface area (Å²) < 4.78 is 1.68. The maximum Gasteiger partial charge on any atom is 0.323 e. The summed E-state index contributed by atoms with van der Waals surface area (Å²) in [7, 11) is 1.87. The molecule has 0 radical (unpaired) electrons. The molecule has 0 saturated heterocycles. The number of aliphatic carboxylic acids is 1. The topological polar surface area (TPSA) is 62.5 Å². The van der Waals surface area contributed by atoms with E-state index in [0.717, 1.165) is 5.56 Å². The average molecular weight is 359 g/mol. The van der Waals surface area contributed by atoms with Gasteiger partial charge in [0, 0.05) is 24.4 Å². The van der Waals surface area contributed by atoms with Crippen molar-refractivity contribution in [3.63, 3.8) is 0 Å². The van der Waals surface area contributed by atoms with Crippen molar-refractivity contribution in [2.75, 3.05) is 18.5 Å². The molecule has 0 bridgehead atoms. The number of halogens is 1. The van der Waals surface area contributed by atoms with Crippen LogP contribution in [0, 0.1) is 6.92 Å². The van der Waals surface area contributed by atoms with E-state index >= 15 is 0 Å². The van der Waals surface area contributed by atoms with Gasteiger partial charge in [-0.1, -0.05) is 17.7 Å². The Morgan fingerprint density at radius 2 is 1.92 bits per heavy atom. The zero-order valence-electron chi connectivity index (χ0n) is 14.3. The second-order valence-electron chi connectivity index (χ2n) is 6.14. The number of hydrogen-bond acceptors (Lipinski definition) is 3. The number of rotatable bonds is 4. The fourth-order valence-electron chi connectivity index (χ4n) is 3.15. The van der Waals surface area contributed by atoms with Gasteiger partial charge in [-0.05, 0) is 43.7 Å². The lowest BCUT2D eigenvalue weighted by atomic mass is 10.1. The van der Waals surface area contributed by atoms with Crippen LogP contribution < -0.4 is 10.3 Å². The summed E-state index contributed by atoms with van der Waals surface area (Å²) in [5, 5.41) is 10.9. The smallest absolute Gasteiger partial charge is 0.323 e. The van der Waals surface area contributed by atoms with Gasteiger partial charge in [-0.15, -0.1) is 0 Å². The molecule has 0 fully saturated rings. The van der Waals surface area contributed by atoms with Crippen molar-refractivity contribution >= 4 is 45.1 Å². The molecule has 1 heterocycles. The number of anilines is 1. The first-order chi connectivity index (χ1) is 11.8. The predicted octanol–water partition coefficient (Wildman–Crippen LogP) is 3.66. The van der Waals surface area contributed by atoms with Gasteiger partial charge in [-0.3, -0.25) is 9.59 Å². The average Bonchev–Trinajstić information content (AvgIpc) is 2.57. The highest BCUT2D eigenvalue weighted by Gasteiger charge is 2.19. The minimum absolute atomic E-state index is 0.117. The first kappa shape index (κ1) is 17.3. The SMILES string of the molecule is CCN(C)c1c(Cl)ccc2c(=O)c3ccc(C)cc3n(CC(=O)O)c12. The Morgan fingerprint density at radius 1 is 1.24 bits per heavy atom. The summed E-state index contributed by atoms with van der Waals surface area (Å²) in [4.78, 5) is 26.4. The Kier molecular flexibility index (Phi) is 4.43. The van der Waals surface area contributed by atoms with Crippen LogP contribution in [-0.4, -0.2) is 29.2 Å². The van der Waals surface area contributed by atoms with Crippen molar-refractivity contribution in [1.82, 2.24) is 4.57 Å². The number of nitrogens with zero attached hydrogens (tertiary/aromatic N) is 2. The molecule has 0 aliphatic heterocycles. The van der Waals surface area contributed by atoms with Crippen LogP contribution >= 0.6 is 11.6 Å². The Hall–Kier alpha value is -2.53. The maximum atomic E-state index is 13.0. The van der Waals surface area contributed by atoms with Gasteiger partial charge < -0.3 is 14.6 Å². The zero-order chi connectivity index (χ0) is 18.3. The number of carbonyl (C=O) groups is 1. The van der Waals surface area contributed by atoms with Crippen LogP contribution in [0.15, 0.2) is 35.1 Å². The highest BCUT2D eigenvalue weighted by Crippen LogP contribution is 2.34. The van der Waals surface area contributed by atoms with E-state index in [4.69, 9.17) is 11.6 Å². The summed E-state index contributed by atoms with van der Waals surface area (Å²) in [5.74, 6) is -0.974. The van der Waals surface area contributed by atoms with Crippen LogP contribution in [0.25, 0.3) is 21.8 Å². The highest BCUT2D eigenvalue weighted by atomic mass is 35.5. The lowest BCUT2D eigenvalue weighted by Crippen LogP contribution is -2.22. The molecule has 1 N–H and O–H groups in total. The molecular weight excluding hydrogens is 340 g/mol. The van der Waals surface area contributed by atoms with E-state index < -0.39 is 5.97 Å². The third-order valence-corrected chi connectivity index (χ3v) is 4.76. The van der Waals surface area contributed by atoms with Crippen molar-refractivity contribution in [3.05, 3.63) is 51.1 Å². The number of carboxylic acid groups (broad SMARTS) is 1. The summed E-state index contributed by atoms with van der Waals surface area (Å²) in [5.41, 5.74) is 2.67. The Bertz CT molecular complexity index is 1060. The van der Waals surface area contributed by atoms with Crippen LogP contribution in [0.4, 0.5) is 5.69 Å². The monoisotopic (exact) mass is 358 g/mol. The number of benzene rings is 2. The van der Waals surface area contributed by atoms with E-state index in [2.05, 4.69) is 0 Å². The molecule has 130 valence electrons. The van der Waals surface area contributed by atoms with Crippen LogP contribution in [0.1, 0.15) is 12.5 Å². The van der Waals surface area contributed by atoms with Crippen molar-refractivity contribution in [2.24, 2.45) is 0 Å². The van der Waals surface area contributed by atoms with Crippen molar-refractivity contribution < 1.29 is 9.90 Å². The predicted molar refractivity (Wildman–Crippen MR) is 102 cm³/mol. The number of fused-ring (bicyclic) bond motifs is 2. The molecule has 5 nitrogen and oxygen atoms in total. The van der Waals surface area contributed by atoms with Gasteiger partial charge in [0.15, 0.2) is 5.43 Å². The van der Waals surface area contributed by atoms with E-state index in [1.807, 2.05) is 37.9 Å². The fourth-order valence-corrected chi connectivity index (χ4v) is 3.45. The lowest BCUT2D eigenvalue weighted by molar-refractivity contribution is -0.137. The van der Waals surface area contributed by atoms with Gasteiger partial charge in [-0.2, -0.15) is 0 Å². The van der Waals surface area contributed by atoms with E-state index in [1.165, 1.54) is 0 Å². The van der Waals surface area contributed by atoms with E-state index in [1.54, 1.807) is 22.8 Å². The van der Waals surface area contributed by atoms with Gasteiger partial charge in [0.25, 0.3) is 0 Å². The normalized spacial score (nSPS) is 11.2. The van der Waals surface area contributed by atoms with Crippen LogP contribution in [0.5, 0.6) is 0 Å². The molecule has 3 rings (SSSR count). The summed E-state index contributed by atoms with van der Waals surface area (Å²) in [6, 6.07) is 8.82. The molecule has 3 aromatic rings. The summed E-state index contributed by atoms with van der Waals surface area (Å²) in [6.45, 7) is 4.31. The first-order valence-corrected chi connectivity index (χ1v) is 8.41. The Balaban J connectivity index is 2.62. The van der Waals surface area contributed by atoms with Gasteiger partial charge in [-0.25, -0.2) is 0 Å². The number of aryl methyl sites for hydroxylation is 1. The Morgan fingerprint density at radius 3 is 2.56 bits per heavy atom. The first-order valence-electron chi connectivity index (χ1n) is 8.03. The summed E-state index contributed by atoms with van der Waals surface area (Å²) in [6.07, 6.45) is 0. The number of hydrogen-bond donors (Lipinski definition) is 1. The molecule has 0 aliphatic carbocycles. The minimum Gasteiger partial charge on any atom is -0.480 e. The molecule has 0 spiro atoms. The van der Waals surface area contributed by atoms with Gasteiger partial charge >= 0.3 is 5.97 Å². The standard InChI is InChI=1S/C19H19ClN2O3/c1-4-21(3)18-14(20)8-7-13-17(18)22(10-16(23)24)15-9-11(2)5-6-12(15)19(13)25/h5-9H,4,10H2,1-3H3,(H,23,24). The van der Waals surface area contributed by atoms with E-state index in [0.29, 0.717) is 39.1 Å². The highest BCUT2D eigenvalue weighted by molar-refractivity contribution is 6.35. The molecule has 0 unspecified atom stereocenters. The lowest BCUT2D eigenvalue weighted by Gasteiger charge is -2.24. The molecule has 25 heavy (non-hydrogen) atoms. The van der Waals surface area contributed by atoms with Crippen LogP contribution in [0.3, 0.4) is 0 Å². The number of pyridine rings is 1. The van der Waals surface area contributed by atoms with Gasteiger partial charge in [0.1, 0.15) is 6.54 Å². The van der Waals surface area contributed by atoms with Crippen molar-refractivity contribution in [2.45, 2.75) is 20.4 Å². The second-order valence-corrected chi connectivity index (χ2v) is 6.54. The zero-order valence-corrected chi connectivity index (χ0v) is 15.1. The van der Waals surface area contributed by atoms with Gasteiger partial charge in [0.2, 0.25) is 0 Å². The molecule has 0 atom stereocenters. The molecule has 0 saturated carbocycles. The second kappa shape index (κ2) is 6.41. The molecular formula is C19H19ClN2O3. The largest absolute Gasteiger partial charge is 0.480 e. The van der Waals surface area contributed by atoms with Crippen molar-refractivity contribution in [1.29, 1.82) is 0 Å². The molecule has 0 amide bonds. The fraction of sp³-hybridized carbons (Fsp3) is 0.263. The third-order valence-electron chi connectivity index (χ3n) is 4.45. The van der Waals surface area contributed by atoms with Crippen LogP contribution in [-0.2, 0) is 11.3 Å². The third kappa shape index (κ3) is 2.85. The maximum absolute atomic E-state index is 13.0. The van der Waals surface area contributed by atoms with Crippen LogP contribution in [0.2, 0.25) is 5.02 Å². The van der Waals surface area contributed by atoms with Gasteiger partial charge in [0.05, 0.1) is 21.7 Å². The number of aromatic nitrogens is 1. The molecule has 6 heteroatoms. The summed E-state index contributed by atoms with van der Waals surface area (Å²) >= 11 is 6.42. The number of carboxylic acids is 1. The molecule has 1 aromatic heterocycles. The van der Waals surface area contributed by atoms with E-state index in [-0.39, 0.29) is 12.0 Å². The molecule has 0 aliphatic rings.